The zero-order chi connectivity index (χ0) is 15.2. The van der Waals surface area contributed by atoms with Gasteiger partial charge in [-0.3, -0.25) is 0 Å². The van der Waals surface area contributed by atoms with Crippen molar-refractivity contribution >= 4 is 11.6 Å². The van der Waals surface area contributed by atoms with Gasteiger partial charge in [-0.15, -0.1) is 0 Å². The van der Waals surface area contributed by atoms with Gasteiger partial charge in [-0.25, -0.2) is 4.39 Å². The van der Waals surface area contributed by atoms with Crippen molar-refractivity contribution in [2.45, 2.75) is 26.8 Å². The van der Waals surface area contributed by atoms with Gasteiger partial charge in [0.1, 0.15) is 17.3 Å². The molecule has 0 unspecified atom stereocenters. The van der Waals surface area contributed by atoms with Gasteiger partial charge < -0.3 is 10.1 Å². The predicted molar refractivity (Wildman–Crippen MR) is 84.7 cm³/mol. The van der Waals surface area contributed by atoms with Crippen LogP contribution in [-0.2, 0) is 6.54 Å². The molecular formula is C17H19ClFNO. The molecule has 2 rings (SSSR count). The molecule has 0 radical (unpaired) electrons. The second-order valence-corrected chi connectivity index (χ2v) is 5.36. The van der Waals surface area contributed by atoms with E-state index in [0.29, 0.717) is 5.75 Å². The van der Waals surface area contributed by atoms with Crippen molar-refractivity contribution in [1.29, 1.82) is 0 Å². The van der Waals surface area contributed by atoms with Crippen molar-refractivity contribution in [3.63, 3.8) is 0 Å². The van der Waals surface area contributed by atoms with Gasteiger partial charge in [-0.2, -0.15) is 0 Å². The lowest BCUT2D eigenvalue weighted by atomic mass is 10.1. The molecule has 0 saturated carbocycles. The van der Waals surface area contributed by atoms with Gasteiger partial charge in [0.05, 0.1) is 5.02 Å². The molecule has 0 amide bonds. The minimum absolute atomic E-state index is 0.0939. The average molecular weight is 308 g/mol. The summed E-state index contributed by atoms with van der Waals surface area (Å²) < 4.78 is 19.1. The maximum absolute atomic E-state index is 13.4. The van der Waals surface area contributed by atoms with Crippen LogP contribution in [-0.4, -0.2) is 6.54 Å². The first-order valence-corrected chi connectivity index (χ1v) is 7.41. The Morgan fingerprint density at radius 2 is 2.00 bits per heavy atom. The van der Waals surface area contributed by atoms with Crippen molar-refractivity contribution in [1.82, 2.24) is 5.32 Å². The van der Waals surface area contributed by atoms with Crippen LogP contribution in [0, 0.1) is 12.7 Å². The number of hydrogen-bond donors (Lipinski definition) is 1. The van der Waals surface area contributed by atoms with E-state index in [9.17, 15) is 4.39 Å². The van der Waals surface area contributed by atoms with E-state index < -0.39 is 5.82 Å². The Bertz CT molecular complexity index is 616. The first kappa shape index (κ1) is 15.8. The van der Waals surface area contributed by atoms with Crippen LogP contribution in [0.5, 0.6) is 11.5 Å². The summed E-state index contributed by atoms with van der Waals surface area (Å²) >= 11 is 5.66. The average Bonchev–Trinajstić information content (AvgIpc) is 2.46. The lowest BCUT2D eigenvalue weighted by molar-refractivity contribution is 0.473. The number of nitrogens with one attached hydrogen (secondary N) is 1. The Morgan fingerprint density at radius 1 is 1.19 bits per heavy atom. The normalized spacial score (nSPS) is 10.7. The SMILES string of the molecule is CCCNCc1ccc(Oc2ccc(Cl)c(F)c2)c(C)c1. The summed E-state index contributed by atoms with van der Waals surface area (Å²) in [5.74, 6) is 0.681. The van der Waals surface area contributed by atoms with Crippen LogP contribution in [0.4, 0.5) is 4.39 Å². The number of halogens is 2. The van der Waals surface area contributed by atoms with Crippen molar-refractivity contribution in [2.24, 2.45) is 0 Å². The minimum atomic E-state index is -0.479. The molecule has 0 heterocycles. The van der Waals surface area contributed by atoms with Crippen LogP contribution in [0.3, 0.4) is 0 Å². The maximum atomic E-state index is 13.4. The second kappa shape index (κ2) is 7.43. The number of benzene rings is 2. The molecule has 0 aliphatic heterocycles. The molecule has 0 bridgehead atoms. The number of ether oxygens (including phenoxy) is 1. The van der Waals surface area contributed by atoms with Crippen molar-refractivity contribution < 1.29 is 9.13 Å². The van der Waals surface area contributed by atoms with E-state index in [0.717, 1.165) is 30.8 Å². The summed E-state index contributed by atoms with van der Waals surface area (Å²) in [6.07, 6.45) is 1.11. The topological polar surface area (TPSA) is 21.3 Å². The largest absolute Gasteiger partial charge is 0.457 e. The highest BCUT2D eigenvalue weighted by Crippen LogP contribution is 2.28. The summed E-state index contributed by atoms with van der Waals surface area (Å²) in [4.78, 5) is 0. The Hall–Kier alpha value is -1.58. The van der Waals surface area contributed by atoms with Gasteiger partial charge in [0.25, 0.3) is 0 Å². The highest BCUT2D eigenvalue weighted by Gasteiger charge is 2.06. The fraction of sp³-hybridized carbons (Fsp3) is 0.294. The summed E-state index contributed by atoms with van der Waals surface area (Å²) in [6.45, 7) is 5.96. The molecule has 0 aliphatic carbocycles. The number of aryl methyl sites for hydroxylation is 1. The van der Waals surface area contributed by atoms with Crippen LogP contribution < -0.4 is 10.1 Å². The molecule has 0 fully saturated rings. The van der Waals surface area contributed by atoms with Gasteiger partial charge in [0.15, 0.2) is 0 Å². The molecule has 2 aromatic carbocycles. The van der Waals surface area contributed by atoms with Gasteiger partial charge in [-0.05, 0) is 49.2 Å². The fourth-order valence-electron chi connectivity index (χ4n) is 2.01. The Morgan fingerprint density at radius 3 is 2.67 bits per heavy atom. The Balaban J connectivity index is 2.08. The van der Waals surface area contributed by atoms with E-state index >= 15 is 0 Å². The third-order valence-electron chi connectivity index (χ3n) is 3.11. The van der Waals surface area contributed by atoms with Crippen LogP contribution in [0.15, 0.2) is 36.4 Å². The first-order valence-electron chi connectivity index (χ1n) is 7.03. The van der Waals surface area contributed by atoms with Crippen molar-refractivity contribution in [2.75, 3.05) is 6.54 Å². The molecule has 0 aliphatic rings. The summed E-state index contributed by atoms with van der Waals surface area (Å²) in [5, 5.41) is 3.45. The molecule has 4 heteroatoms. The van der Waals surface area contributed by atoms with Gasteiger partial charge >= 0.3 is 0 Å². The minimum Gasteiger partial charge on any atom is -0.457 e. The highest BCUT2D eigenvalue weighted by atomic mass is 35.5. The smallest absolute Gasteiger partial charge is 0.145 e. The lowest BCUT2D eigenvalue weighted by Gasteiger charge is -2.11. The van der Waals surface area contributed by atoms with Gasteiger partial charge in [0.2, 0.25) is 0 Å². The maximum Gasteiger partial charge on any atom is 0.145 e. The molecule has 112 valence electrons. The summed E-state index contributed by atoms with van der Waals surface area (Å²) in [5.41, 5.74) is 2.22. The van der Waals surface area contributed by atoms with Crippen LogP contribution in [0.2, 0.25) is 5.02 Å². The number of hydrogen-bond acceptors (Lipinski definition) is 2. The van der Waals surface area contributed by atoms with E-state index in [1.165, 1.54) is 17.7 Å². The molecule has 21 heavy (non-hydrogen) atoms. The third-order valence-corrected chi connectivity index (χ3v) is 3.42. The van der Waals surface area contributed by atoms with Crippen LogP contribution in [0.1, 0.15) is 24.5 Å². The van der Waals surface area contributed by atoms with Gasteiger partial charge in [-0.1, -0.05) is 30.7 Å². The standard InChI is InChI=1S/C17H19ClFNO/c1-3-8-20-11-13-4-7-17(12(2)9-13)21-14-5-6-15(18)16(19)10-14/h4-7,9-10,20H,3,8,11H2,1-2H3. The molecule has 0 saturated heterocycles. The monoisotopic (exact) mass is 307 g/mol. The third kappa shape index (κ3) is 4.45. The lowest BCUT2D eigenvalue weighted by Crippen LogP contribution is -2.13. The number of rotatable bonds is 6. The van der Waals surface area contributed by atoms with Crippen molar-refractivity contribution in [3.05, 3.63) is 58.4 Å². The zero-order valence-corrected chi connectivity index (χ0v) is 13.0. The molecule has 0 spiro atoms. The molecular weight excluding hydrogens is 289 g/mol. The predicted octanol–water partition coefficient (Wildman–Crippen LogP) is 5.08. The summed E-state index contributed by atoms with van der Waals surface area (Å²) in [7, 11) is 0. The Labute approximate surface area is 129 Å². The van der Waals surface area contributed by atoms with Crippen molar-refractivity contribution in [3.8, 4) is 11.5 Å². The molecule has 2 aromatic rings. The zero-order valence-electron chi connectivity index (χ0n) is 12.2. The van der Waals surface area contributed by atoms with E-state index in [1.807, 2.05) is 19.1 Å². The molecule has 1 N–H and O–H groups in total. The first-order chi connectivity index (χ1) is 10.1. The molecule has 0 atom stereocenters. The van der Waals surface area contributed by atoms with Crippen LogP contribution >= 0.6 is 11.6 Å². The summed E-state index contributed by atoms with van der Waals surface area (Å²) in [6, 6.07) is 10.4. The van der Waals surface area contributed by atoms with E-state index in [-0.39, 0.29) is 5.02 Å². The molecule has 0 aromatic heterocycles. The fourth-order valence-corrected chi connectivity index (χ4v) is 2.13. The molecule has 2 nitrogen and oxygen atoms in total. The highest BCUT2D eigenvalue weighted by molar-refractivity contribution is 6.30. The van der Waals surface area contributed by atoms with Gasteiger partial charge in [0, 0.05) is 12.6 Å². The quantitative estimate of drug-likeness (QED) is 0.751. The van der Waals surface area contributed by atoms with E-state index in [4.69, 9.17) is 16.3 Å². The van der Waals surface area contributed by atoms with Crippen LogP contribution in [0.25, 0.3) is 0 Å². The Kier molecular flexibility index (Phi) is 5.59. The van der Waals surface area contributed by atoms with E-state index in [1.54, 1.807) is 6.07 Å². The van der Waals surface area contributed by atoms with E-state index in [2.05, 4.69) is 18.3 Å². The second-order valence-electron chi connectivity index (χ2n) is 4.95.